The van der Waals surface area contributed by atoms with Gasteiger partial charge in [0, 0.05) is 7.05 Å². The molecule has 3 rings (SSSR count). The zero-order chi connectivity index (χ0) is 16.9. The molecule has 3 aromatic rings. The van der Waals surface area contributed by atoms with Gasteiger partial charge in [-0.25, -0.2) is 4.39 Å². The van der Waals surface area contributed by atoms with Crippen LogP contribution in [0.4, 0.5) is 23.4 Å². The zero-order valence-corrected chi connectivity index (χ0v) is 11.6. The predicted molar refractivity (Wildman–Crippen MR) is 72.8 cm³/mol. The summed E-state index contributed by atoms with van der Waals surface area (Å²) in [5, 5.41) is 21.5. The van der Waals surface area contributed by atoms with Crippen molar-refractivity contribution in [2.24, 2.45) is 7.05 Å². The molecule has 0 saturated heterocycles. The maximum absolute atomic E-state index is 14.2. The number of phenolic OH excluding ortho intramolecular Hbond substituents is 1. The number of fused-ring (bicyclic) bond motifs is 1. The molecule has 0 fully saturated rings. The van der Waals surface area contributed by atoms with Crippen molar-refractivity contribution >= 4 is 16.7 Å². The van der Waals surface area contributed by atoms with Crippen LogP contribution in [0.15, 0.2) is 18.3 Å². The Morgan fingerprint density at radius 3 is 2.52 bits per heavy atom. The highest BCUT2D eigenvalue weighted by Gasteiger charge is 2.33. The van der Waals surface area contributed by atoms with Crippen molar-refractivity contribution in [2.45, 2.75) is 6.18 Å². The summed E-state index contributed by atoms with van der Waals surface area (Å²) in [7, 11) is 1.52. The fraction of sp³-hybridized carbons (Fsp3) is 0.154. The van der Waals surface area contributed by atoms with Crippen LogP contribution < -0.4 is 5.73 Å². The third-order valence-electron chi connectivity index (χ3n) is 3.33. The van der Waals surface area contributed by atoms with Crippen molar-refractivity contribution in [3.8, 4) is 17.0 Å². The van der Waals surface area contributed by atoms with Crippen LogP contribution in [-0.4, -0.2) is 25.1 Å². The number of phenols is 1. The van der Waals surface area contributed by atoms with E-state index in [0.29, 0.717) is 11.5 Å². The van der Waals surface area contributed by atoms with E-state index >= 15 is 0 Å². The van der Waals surface area contributed by atoms with E-state index in [1.807, 2.05) is 0 Å². The molecule has 0 atom stereocenters. The highest BCUT2D eigenvalue weighted by Crippen LogP contribution is 2.40. The highest BCUT2D eigenvalue weighted by molar-refractivity contribution is 5.97. The van der Waals surface area contributed by atoms with E-state index in [0.717, 1.165) is 0 Å². The largest absolute Gasteiger partial charge is 0.507 e. The number of aromatic hydroxyl groups is 1. The van der Waals surface area contributed by atoms with Gasteiger partial charge in [0.2, 0.25) is 0 Å². The number of anilines is 1. The first kappa shape index (κ1) is 15.0. The lowest BCUT2D eigenvalue weighted by molar-refractivity contribution is -0.137. The summed E-state index contributed by atoms with van der Waals surface area (Å²) in [6.45, 7) is 0. The highest BCUT2D eigenvalue weighted by atomic mass is 19.4. The first-order chi connectivity index (χ1) is 10.7. The fourth-order valence-electron chi connectivity index (χ4n) is 2.27. The SMILES string of the molecule is Cn1ncc2c(N)nnc(-c3c(O)cc(C(F)(F)F)cc3F)c21. The topological polar surface area (TPSA) is 89.9 Å². The van der Waals surface area contributed by atoms with Gasteiger partial charge in [0.05, 0.1) is 22.7 Å². The van der Waals surface area contributed by atoms with Crippen molar-refractivity contribution in [3.05, 3.63) is 29.7 Å². The quantitative estimate of drug-likeness (QED) is 0.670. The summed E-state index contributed by atoms with van der Waals surface area (Å²) in [5.41, 5.74) is 3.92. The number of hydrogen-bond acceptors (Lipinski definition) is 5. The molecule has 0 amide bonds. The Labute approximate surface area is 126 Å². The Morgan fingerprint density at radius 1 is 1.22 bits per heavy atom. The van der Waals surface area contributed by atoms with Crippen LogP contribution in [0.3, 0.4) is 0 Å². The number of aromatic nitrogens is 4. The summed E-state index contributed by atoms with van der Waals surface area (Å²) in [6, 6.07) is 0.716. The summed E-state index contributed by atoms with van der Waals surface area (Å²) in [5.74, 6) is -2.15. The van der Waals surface area contributed by atoms with Crippen molar-refractivity contribution in [2.75, 3.05) is 5.73 Å². The van der Waals surface area contributed by atoms with E-state index in [4.69, 9.17) is 5.73 Å². The molecule has 6 nitrogen and oxygen atoms in total. The number of alkyl halides is 3. The van der Waals surface area contributed by atoms with Crippen molar-refractivity contribution < 1.29 is 22.7 Å². The first-order valence-corrected chi connectivity index (χ1v) is 6.24. The number of halogens is 4. The van der Waals surface area contributed by atoms with E-state index in [1.54, 1.807) is 0 Å². The van der Waals surface area contributed by atoms with Crippen LogP contribution in [0.2, 0.25) is 0 Å². The lowest BCUT2D eigenvalue weighted by atomic mass is 10.0. The first-order valence-electron chi connectivity index (χ1n) is 6.24. The number of hydrogen-bond donors (Lipinski definition) is 2. The number of aryl methyl sites for hydroxylation is 1. The Bertz CT molecular complexity index is 896. The second-order valence-corrected chi connectivity index (χ2v) is 4.81. The van der Waals surface area contributed by atoms with Gasteiger partial charge in [-0.3, -0.25) is 4.68 Å². The Morgan fingerprint density at radius 2 is 1.91 bits per heavy atom. The number of nitrogen functional groups attached to an aromatic ring is 1. The second kappa shape index (κ2) is 4.80. The van der Waals surface area contributed by atoms with Gasteiger partial charge < -0.3 is 10.8 Å². The van der Waals surface area contributed by atoms with E-state index < -0.39 is 28.9 Å². The summed E-state index contributed by atoms with van der Waals surface area (Å²) < 4.78 is 53.5. The van der Waals surface area contributed by atoms with Gasteiger partial charge >= 0.3 is 6.18 Å². The van der Waals surface area contributed by atoms with E-state index in [-0.39, 0.29) is 23.1 Å². The third kappa shape index (κ3) is 2.31. The Balaban J connectivity index is 2.32. The summed E-state index contributed by atoms with van der Waals surface area (Å²) in [4.78, 5) is 0. The molecule has 3 N–H and O–H groups in total. The summed E-state index contributed by atoms with van der Waals surface area (Å²) in [6.07, 6.45) is -3.42. The second-order valence-electron chi connectivity index (χ2n) is 4.81. The molecule has 0 aliphatic carbocycles. The molecule has 0 spiro atoms. The fourth-order valence-corrected chi connectivity index (χ4v) is 2.27. The minimum absolute atomic E-state index is 0.0312. The van der Waals surface area contributed by atoms with Crippen LogP contribution in [0.5, 0.6) is 5.75 Å². The molecule has 0 unspecified atom stereocenters. The van der Waals surface area contributed by atoms with Crippen LogP contribution in [-0.2, 0) is 13.2 Å². The Kier molecular flexibility index (Phi) is 3.13. The maximum Gasteiger partial charge on any atom is 0.416 e. The number of nitrogens with zero attached hydrogens (tertiary/aromatic N) is 4. The zero-order valence-electron chi connectivity index (χ0n) is 11.6. The molecule has 2 aromatic heterocycles. The maximum atomic E-state index is 14.2. The number of rotatable bonds is 1. The number of nitrogens with two attached hydrogens (primary N) is 1. The normalized spacial score (nSPS) is 12.0. The lowest BCUT2D eigenvalue weighted by Crippen LogP contribution is -2.07. The van der Waals surface area contributed by atoms with Crippen molar-refractivity contribution in [3.63, 3.8) is 0 Å². The van der Waals surface area contributed by atoms with Crippen molar-refractivity contribution in [1.29, 1.82) is 0 Å². The standard InChI is InChI=1S/C13H9F4N5O/c1-22-11-6(4-19-22)12(18)21-20-10(11)9-7(14)2-5(3-8(9)23)13(15,16)17/h2-4,23H,1H3,(H2,18,21). The van der Waals surface area contributed by atoms with Crippen LogP contribution >= 0.6 is 0 Å². The average molecular weight is 327 g/mol. The molecule has 0 radical (unpaired) electrons. The van der Waals surface area contributed by atoms with Gasteiger partial charge in [0.15, 0.2) is 5.82 Å². The average Bonchev–Trinajstić information content (AvgIpc) is 2.83. The van der Waals surface area contributed by atoms with Crippen LogP contribution in [0.1, 0.15) is 5.56 Å². The van der Waals surface area contributed by atoms with Crippen molar-refractivity contribution in [1.82, 2.24) is 20.0 Å². The third-order valence-corrected chi connectivity index (χ3v) is 3.33. The molecular formula is C13H9F4N5O. The number of benzene rings is 1. The molecule has 0 aliphatic rings. The monoisotopic (exact) mass is 327 g/mol. The minimum atomic E-state index is -4.79. The van der Waals surface area contributed by atoms with Crippen LogP contribution in [0.25, 0.3) is 22.2 Å². The smallest absolute Gasteiger partial charge is 0.416 e. The minimum Gasteiger partial charge on any atom is -0.507 e. The molecule has 2 heterocycles. The molecule has 10 heteroatoms. The molecule has 23 heavy (non-hydrogen) atoms. The van der Waals surface area contributed by atoms with Gasteiger partial charge in [0.25, 0.3) is 0 Å². The molecule has 0 saturated carbocycles. The van der Waals surface area contributed by atoms with Gasteiger partial charge in [0.1, 0.15) is 22.8 Å². The van der Waals surface area contributed by atoms with Gasteiger partial charge in [-0.05, 0) is 12.1 Å². The molecule has 1 aromatic carbocycles. The van der Waals surface area contributed by atoms with Crippen LogP contribution in [0, 0.1) is 5.82 Å². The molecule has 0 aliphatic heterocycles. The van der Waals surface area contributed by atoms with E-state index in [2.05, 4.69) is 15.3 Å². The summed E-state index contributed by atoms with van der Waals surface area (Å²) >= 11 is 0. The van der Waals surface area contributed by atoms with E-state index in [1.165, 1.54) is 17.9 Å². The van der Waals surface area contributed by atoms with E-state index in [9.17, 15) is 22.7 Å². The lowest BCUT2D eigenvalue weighted by Gasteiger charge is -2.12. The van der Waals surface area contributed by atoms with Gasteiger partial charge in [-0.15, -0.1) is 10.2 Å². The predicted octanol–water partition coefficient (Wildman–Crippen LogP) is 2.48. The molecular weight excluding hydrogens is 318 g/mol. The van der Waals surface area contributed by atoms with Gasteiger partial charge in [-0.1, -0.05) is 0 Å². The van der Waals surface area contributed by atoms with Gasteiger partial charge in [-0.2, -0.15) is 18.3 Å². The Hall–Kier alpha value is -2.91. The molecule has 0 bridgehead atoms. The molecule has 120 valence electrons.